The molecule has 0 saturated carbocycles. The van der Waals surface area contributed by atoms with E-state index in [-0.39, 0.29) is 46.4 Å². The van der Waals surface area contributed by atoms with Crippen LogP contribution in [-0.4, -0.2) is 41.3 Å². The van der Waals surface area contributed by atoms with E-state index in [2.05, 4.69) is 9.97 Å². The van der Waals surface area contributed by atoms with E-state index >= 15 is 0 Å². The summed E-state index contributed by atoms with van der Waals surface area (Å²) in [6.07, 6.45) is 3.92. The Morgan fingerprint density at radius 1 is 0.611 bits per heavy atom. The summed E-state index contributed by atoms with van der Waals surface area (Å²) >= 11 is 1.92. The summed E-state index contributed by atoms with van der Waals surface area (Å²) in [5.74, 6) is -8.53. The highest BCUT2D eigenvalue weighted by atomic mass is 32.1. The number of hydrogen-bond donors (Lipinski definition) is 2. The number of thiazole rings is 2. The molecule has 0 atom stereocenters. The number of fused-ring (bicyclic) bond motifs is 4. The van der Waals surface area contributed by atoms with Gasteiger partial charge in [0.05, 0.1) is 19.4 Å². The standard InChI is InChI=1S/2C19H13F3N2O2S/c2*1-9-2-3-11-10(7-24(8-16(25)26)14(11)4-9)5-15-23-18-17(22)12(20)6-13(21)19(18)27-15/h2*2-4,6-7H,5,8H2,1H3,(H,25,26). The largest absolute Gasteiger partial charge is 0.480 e. The average molecular weight is 781 g/mol. The lowest BCUT2D eigenvalue weighted by Gasteiger charge is -2.01. The van der Waals surface area contributed by atoms with Crippen LogP contribution in [0.3, 0.4) is 0 Å². The molecule has 0 radical (unpaired) electrons. The van der Waals surface area contributed by atoms with Crippen molar-refractivity contribution >= 4 is 76.9 Å². The van der Waals surface area contributed by atoms with Gasteiger partial charge in [-0.3, -0.25) is 9.59 Å². The van der Waals surface area contributed by atoms with Crippen LogP contribution in [0.15, 0.2) is 60.9 Å². The molecular formula is C38H26F6N4O4S2. The Morgan fingerprint density at radius 3 is 1.37 bits per heavy atom. The van der Waals surface area contributed by atoms with Gasteiger partial charge in [-0.25, -0.2) is 36.3 Å². The van der Waals surface area contributed by atoms with Gasteiger partial charge in [0.2, 0.25) is 0 Å². The van der Waals surface area contributed by atoms with Crippen LogP contribution in [0.4, 0.5) is 26.3 Å². The lowest BCUT2D eigenvalue weighted by molar-refractivity contribution is -0.138. The van der Waals surface area contributed by atoms with Crippen LogP contribution < -0.4 is 0 Å². The maximum Gasteiger partial charge on any atom is 0.323 e. The number of benzene rings is 4. The third-order valence-corrected chi connectivity index (χ3v) is 10.8. The second-order valence-electron chi connectivity index (χ2n) is 12.6. The molecule has 0 saturated heterocycles. The molecule has 4 heterocycles. The van der Waals surface area contributed by atoms with Crippen molar-refractivity contribution in [3.05, 3.63) is 128 Å². The molecule has 0 fully saturated rings. The normalized spacial score (nSPS) is 11.6. The number of hydrogen-bond acceptors (Lipinski definition) is 6. The van der Waals surface area contributed by atoms with E-state index in [4.69, 9.17) is 10.2 Å². The van der Waals surface area contributed by atoms with Crippen molar-refractivity contribution < 1.29 is 46.1 Å². The number of carboxylic acids is 2. The molecule has 276 valence electrons. The van der Waals surface area contributed by atoms with Crippen molar-refractivity contribution in [2.75, 3.05) is 0 Å². The van der Waals surface area contributed by atoms with Crippen molar-refractivity contribution in [2.24, 2.45) is 0 Å². The number of aromatic nitrogens is 4. The summed E-state index contributed by atoms with van der Waals surface area (Å²) in [5.41, 5.74) is 4.42. The maximum atomic E-state index is 13.9. The Kier molecular flexibility index (Phi) is 9.66. The minimum atomic E-state index is -1.27. The Bertz CT molecular complexity index is 2620. The third kappa shape index (κ3) is 7.01. The van der Waals surface area contributed by atoms with Crippen LogP contribution in [0.25, 0.3) is 42.2 Å². The van der Waals surface area contributed by atoms with Crippen LogP contribution >= 0.6 is 22.7 Å². The molecule has 4 aromatic heterocycles. The minimum Gasteiger partial charge on any atom is -0.480 e. The minimum absolute atomic E-state index is 0.0333. The Hall–Kier alpha value is -5.74. The first-order chi connectivity index (χ1) is 25.7. The number of halogens is 6. The van der Waals surface area contributed by atoms with Gasteiger partial charge in [-0.05, 0) is 48.2 Å². The predicted octanol–water partition coefficient (Wildman–Crippen LogP) is 9.30. The molecular weight excluding hydrogens is 755 g/mol. The second kappa shape index (κ2) is 14.2. The van der Waals surface area contributed by atoms with E-state index in [0.717, 1.165) is 66.7 Å². The molecule has 8 rings (SSSR count). The molecule has 8 aromatic rings. The first-order valence-corrected chi connectivity index (χ1v) is 17.8. The fourth-order valence-corrected chi connectivity index (χ4v) is 8.30. The number of aliphatic carboxylic acids is 2. The highest BCUT2D eigenvalue weighted by Gasteiger charge is 2.21. The summed E-state index contributed by atoms with van der Waals surface area (Å²) in [4.78, 5) is 30.4. The molecule has 0 unspecified atom stereocenters. The first-order valence-electron chi connectivity index (χ1n) is 16.1. The van der Waals surface area contributed by atoms with Crippen molar-refractivity contribution in [3.8, 4) is 0 Å². The highest BCUT2D eigenvalue weighted by Crippen LogP contribution is 2.34. The zero-order valence-corrected chi connectivity index (χ0v) is 29.8. The maximum absolute atomic E-state index is 13.9. The van der Waals surface area contributed by atoms with Gasteiger partial charge in [-0.2, -0.15) is 0 Å². The lowest BCUT2D eigenvalue weighted by Crippen LogP contribution is -2.07. The third-order valence-electron chi connectivity index (χ3n) is 8.65. The summed E-state index contributed by atoms with van der Waals surface area (Å²) < 4.78 is 85.6. The van der Waals surface area contributed by atoms with E-state index in [9.17, 15) is 35.9 Å². The van der Waals surface area contributed by atoms with Gasteiger partial charge in [-0.1, -0.05) is 24.3 Å². The van der Waals surface area contributed by atoms with Crippen LogP contribution in [0, 0.1) is 48.8 Å². The van der Waals surface area contributed by atoms with Crippen molar-refractivity contribution in [3.63, 3.8) is 0 Å². The molecule has 0 bridgehead atoms. The smallest absolute Gasteiger partial charge is 0.323 e. The van der Waals surface area contributed by atoms with E-state index in [1.807, 2.05) is 50.2 Å². The quantitative estimate of drug-likeness (QED) is 0.118. The number of rotatable bonds is 8. The fourth-order valence-electron chi connectivity index (χ4n) is 6.32. The number of carbonyl (C=O) groups is 2. The molecule has 2 N–H and O–H groups in total. The van der Waals surface area contributed by atoms with Gasteiger partial charge >= 0.3 is 11.9 Å². The fraction of sp³-hybridized carbons (Fsp3) is 0.158. The molecule has 16 heteroatoms. The number of aryl methyl sites for hydroxylation is 2. The molecule has 0 aliphatic rings. The summed E-state index contributed by atoms with van der Waals surface area (Å²) in [7, 11) is 0. The average Bonchev–Trinajstić information content (AvgIpc) is 3.88. The van der Waals surface area contributed by atoms with Gasteiger partial charge in [0.1, 0.15) is 35.8 Å². The highest BCUT2D eigenvalue weighted by molar-refractivity contribution is 7.19. The van der Waals surface area contributed by atoms with Gasteiger partial charge in [0.25, 0.3) is 0 Å². The Balaban J connectivity index is 0.000000167. The molecule has 0 aliphatic carbocycles. The molecule has 0 aliphatic heterocycles. The van der Waals surface area contributed by atoms with E-state index < -0.39 is 46.8 Å². The first kappa shape index (κ1) is 36.6. The van der Waals surface area contributed by atoms with Crippen LogP contribution in [0.2, 0.25) is 0 Å². The molecule has 54 heavy (non-hydrogen) atoms. The molecule has 0 spiro atoms. The van der Waals surface area contributed by atoms with Crippen molar-refractivity contribution in [1.82, 2.24) is 19.1 Å². The van der Waals surface area contributed by atoms with E-state index in [0.29, 0.717) is 22.1 Å². The summed E-state index contributed by atoms with van der Waals surface area (Å²) in [5, 5.41) is 20.8. The number of carboxylic acid groups (broad SMARTS) is 2. The van der Waals surface area contributed by atoms with Gasteiger partial charge in [-0.15, -0.1) is 22.7 Å². The topological polar surface area (TPSA) is 110 Å². The Labute approximate surface area is 309 Å². The summed E-state index contributed by atoms with van der Waals surface area (Å²) in [6.45, 7) is 3.41. The zero-order chi connectivity index (χ0) is 38.6. The monoisotopic (exact) mass is 780 g/mol. The van der Waals surface area contributed by atoms with Crippen LogP contribution in [0.5, 0.6) is 0 Å². The summed E-state index contributed by atoms with van der Waals surface area (Å²) in [6, 6.07) is 12.4. The predicted molar refractivity (Wildman–Crippen MR) is 193 cm³/mol. The molecule has 8 nitrogen and oxygen atoms in total. The van der Waals surface area contributed by atoms with Crippen molar-refractivity contribution in [2.45, 2.75) is 39.8 Å². The van der Waals surface area contributed by atoms with Crippen LogP contribution in [-0.2, 0) is 35.5 Å². The van der Waals surface area contributed by atoms with Crippen LogP contribution in [0.1, 0.15) is 32.3 Å². The van der Waals surface area contributed by atoms with Gasteiger partial charge in [0, 0.05) is 59.2 Å². The van der Waals surface area contributed by atoms with E-state index in [1.165, 1.54) is 0 Å². The SMILES string of the molecule is Cc1ccc2c(Cc3nc4c(F)c(F)cc(F)c4s3)cn(CC(=O)O)c2c1.Cc1ccc2c(Cc3nc4c(F)c(F)cc(F)c4s3)cn(CC(=O)O)c2c1. The Morgan fingerprint density at radius 2 is 1.00 bits per heavy atom. The second-order valence-corrected chi connectivity index (χ2v) is 14.8. The zero-order valence-electron chi connectivity index (χ0n) is 28.2. The van der Waals surface area contributed by atoms with Gasteiger partial charge in [0.15, 0.2) is 23.3 Å². The van der Waals surface area contributed by atoms with Gasteiger partial charge < -0.3 is 19.3 Å². The van der Waals surface area contributed by atoms with E-state index in [1.54, 1.807) is 21.5 Å². The number of nitrogens with zero attached hydrogens (tertiary/aromatic N) is 4. The lowest BCUT2D eigenvalue weighted by atomic mass is 10.1. The van der Waals surface area contributed by atoms with Crippen molar-refractivity contribution in [1.29, 1.82) is 0 Å². The molecule has 4 aromatic carbocycles. The molecule has 0 amide bonds.